The number of sulfone groups is 1. The van der Waals surface area contributed by atoms with Crippen LogP contribution in [0.2, 0.25) is 0 Å². The molecular formula is C14H24IN3O2S. The molecule has 7 heteroatoms. The van der Waals surface area contributed by atoms with Crippen LogP contribution in [0.5, 0.6) is 0 Å². The van der Waals surface area contributed by atoms with Gasteiger partial charge < -0.3 is 10.6 Å². The van der Waals surface area contributed by atoms with Gasteiger partial charge in [0.1, 0.15) is 0 Å². The fourth-order valence-corrected chi connectivity index (χ4v) is 2.21. The maximum atomic E-state index is 11.4. The molecule has 1 rings (SSSR count). The summed E-state index contributed by atoms with van der Waals surface area (Å²) in [6, 6.07) is 6.83. The first-order chi connectivity index (χ1) is 9.12. The Morgan fingerprint density at radius 3 is 2.10 bits per heavy atom. The van der Waals surface area contributed by atoms with Crippen molar-refractivity contribution in [1.82, 2.24) is 10.6 Å². The van der Waals surface area contributed by atoms with E-state index in [-0.39, 0.29) is 29.5 Å². The van der Waals surface area contributed by atoms with Crippen molar-refractivity contribution in [3.8, 4) is 0 Å². The molecule has 2 N–H and O–H groups in total. The van der Waals surface area contributed by atoms with E-state index in [1.54, 1.807) is 31.3 Å². The van der Waals surface area contributed by atoms with Crippen LogP contribution in [0.15, 0.2) is 34.2 Å². The summed E-state index contributed by atoms with van der Waals surface area (Å²) in [6.07, 6.45) is 1.20. The minimum Gasteiger partial charge on any atom is -0.352 e. The zero-order valence-corrected chi connectivity index (χ0v) is 16.2. The first-order valence-electron chi connectivity index (χ1n) is 6.40. The summed E-state index contributed by atoms with van der Waals surface area (Å²) in [5.74, 6) is 0.713. The molecule has 21 heavy (non-hydrogen) atoms. The summed E-state index contributed by atoms with van der Waals surface area (Å²) in [7, 11) is -1.42. The van der Waals surface area contributed by atoms with Crippen LogP contribution in [0.1, 0.15) is 26.3 Å². The van der Waals surface area contributed by atoms with Crippen molar-refractivity contribution in [2.45, 2.75) is 37.8 Å². The SMILES string of the molecule is CN=C(NCc1ccc(S(C)(=O)=O)cc1)NC(C)(C)C.I. The average Bonchev–Trinajstić information content (AvgIpc) is 2.32. The zero-order chi connectivity index (χ0) is 15.4. The molecule has 0 atom stereocenters. The molecule has 120 valence electrons. The third-order valence-corrected chi connectivity index (χ3v) is 3.66. The van der Waals surface area contributed by atoms with Gasteiger partial charge in [-0.15, -0.1) is 24.0 Å². The van der Waals surface area contributed by atoms with Crippen molar-refractivity contribution >= 4 is 39.8 Å². The van der Waals surface area contributed by atoms with Crippen molar-refractivity contribution in [2.75, 3.05) is 13.3 Å². The van der Waals surface area contributed by atoms with E-state index in [1.165, 1.54) is 6.26 Å². The summed E-state index contributed by atoms with van der Waals surface area (Å²) < 4.78 is 22.7. The van der Waals surface area contributed by atoms with Crippen LogP contribution in [0.25, 0.3) is 0 Å². The molecule has 0 radical (unpaired) electrons. The lowest BCUT2D eigenvalue weighted by molar-refractivity contribution is 0.501. The number of nitrogens with one attached hydrogen (secondary N) is 2. The Kier molecular flexibility index (Phi) is 7.66. The molecule has 1 aromatic carbocycles. The van der Waals surface area contributed by atoms with Gasteiger partial charge in [0.05, 0.1) is 4.90 Å². The smallest absolute Gasteiger partial charge is 0.191 e. The molecule has 0 saturated heterocycles. The van der Waals surface area contributed by atoms with Gasteiger partial charge in [0.25, 0.3) is 0 Å². The molecule has 0 bridgehead atoms. The fourth-order valence-electron chi connectivity index (χ4n) is 1.57. The molecule has 0 amide bonds. The van der Waals surface area contributed by atoms with Gasteiger partial charge in [-0.05, 0) is 38.5 Å². The van der Waals surface area contributed by atoms with Gasteiger partial charge in [-0.3, -0.25) is 4.99 Å². The highest BCUT2D eigenvalue weighted by Gasteiger charge is 2.11. The van der Waals surface area contributed by atoms with Crippen LogP contribution < -0.4 is 10.6 Å². The zero-order valence-electron chi connectivity index (χ0n) is 13.1. The lowest BCUT2D eigenvalue weighted by atomic mass is 10.1. The molecule has 0 heterocycles. The molecular weight excluding hydrogens is 401 g/mol. The molecule has 0 aromatic heterocycles. The third-order valence-electron chi connectivity index (χ3n) is 2.53. The van der Waals surface area contributed by atoms with Crippen LogP contribution in [-0.4, -0.2) is 33.2 Å². The molecule has 0 saturated carbocycles. The second kappa shape index (κ2) is 7.98. The van der Waals surface area contributed by atoms with Crippen LogP contribution in [0, 0.1) is 0 Å². The van der Waals surface area contributed by atoms with Crippen molar-refractivity contribution in [1.29, 1.82) is 0 Å². The third kappa shape index (κ3) is 7.66. The molecule has 0 spiro atoms. The number of guanidine groups is 1. The van der Waals surface area contributed by atoms with Gasteiger partial charge in [0.15, 0.2) is 15.8 Å². The Bertz CT molecular complexity index is 575. The number of nitrogens with zero attached hydrogens (tertiary/aromatic N) is 1. The number of hydrogen-bond donors (Lipinski definition) is 2. The molecule has 0 unspecified atom stereocenters. The van der Waals surface area contributed by atoms with Crippen LogP contribution >= 0.6 is 24.0 Å². The van der Waals surface area contributed by atoms with Crippen molar-refractivity contribution in [3.63, 3.8) is 0 Å². The van der Waals surface area contributed by atoms with Gasteiger partial charge in [-0.2, -0.15) is 0 Å². The Morgan fingerprint density at radius 1 is 1.19 bits per heavy atom. The summed E-state index contributed by atoms with van der Waals surface area (Å²) in [5.41, 5.74) is 0.927. The second-order valence-electron chi connectivity index (χ2n) is 5.72. The highest BCUT2D eigenvalue weighted by molar-refractivity contribution is 14.0. The first-order valence-corrected chi connectivity index (χ1v) is 8.29. The minimum atomic E-state index is -3.14. The summed E-state index contributed by atoms with van der Waals surface area (Å²) >= 11 is 0. The van der Waals surface area contributed by atoms with Crippen molar-refractivity contribution in [3.05, 3.63) is 29.8 Å². The number of hydrogen-bond acceptors (Lipinski definition) is 3. The van der Waals surface area contributed by atoms with E-state index in [1.807, 2.05) is 0 Å². The van der Waals surface area contributed by atoms with Gasteiger partial charge in [0.2, 0.25) is 0 Å². The Labute approximate surface area is 144 Å². The van der Waals surface area contributed by atoms with Crippen molar-refractivity contribution in [2.24, 2.45) is 4.99 Å². The predicted octanol–water partition coefficient (Wildman–Crippen LogP) is 2.17. The summed E-state index contributed by atoms with van der Waals surface area (Å²) in [5, 5.41) is 6.44. The Balaban J connectivity index is 0.00000400. The highest BCUT2D eigenvalue weighted by Crippen LogP contribution is 2.10. The number of aliphatic imine (C=N–C) groups is 1. The normalized spacial score (nSPS) is 12.5. The van der Waals surface area contributed by atoms with Crippen molar-refractivity contribution < 1.29 is 8.42 Å². The Morgan fingerprint density at radius 2 is 1.71 bits per heavy atom. The van der Waals surface area contributed by atoms with Gasteiger partial charge in [-0.1, -0.05) is 12.1 Å². The molecule has 0 aliphatic carbocycles. The highest BCUT2D eigenvalue weighted by atomic mass is 127. The molecule has 0 fully saturated rings. The number of rotatable bonds is 3. The average molecular weight is 425 g/mol. The van der Waals surface area contributed by atoms with E-state index in [4.69, 9.17) is 0 Å². The number of benzene rings is 1. The van der Waals surface area contributed by atoms with Gasteiger partial charge in [0, 0.05) is 25.4 Å². The second-order valence-corrected chi connectivity index (χ2v) is 7.73. The quantitative estimate of drug-likeness (QED) is 0.443. The topological polar surface area (TPSA) is 70.6 Å². The van der Waals surface area contributed by atoms with E-state index in [0.717, 1.165) is 5.56 Å². The molecule has 0 aliphatic heterocycles. The maximum Gasteiger partial charge on any atom is 0.191 e. The first kappa shape index (κ1) is 20.2. The molecule has 1 aromatic rings. The van der Waals surface area contributed by atoms with E-state index in [0.29, 0.717) is 17.4 Å². The largest absolute Gasteiger partial charge is 0.352 e. The maximum absolute atomic E-state index is 11.4. The van der Waals surface area contributed by atoms with Gasteiger partial charge >= 0.3 is 0 Å². The van der Waals surface area contributed by atoms with E-state index < -0.39 is 9.84 Å². The lowest BCUT2D eigenvalue weighted by Crippen LogP contribution is -2.47. The fraction of sp³-hybridized carbons (Fsp3) is 0.500. The van der Waals surface area contributed by atoms with Crippen LogP contribution in [0.3, 0.4) is 0 Å². The van der Waals surface area contributed by atoms with E-state index >= 15 is 0 Å². The summed E-state index contributed by atoms with van der Waals surface area (Å²) in [4.78, 5) is 4.48. The van der Waals surface area contributed by atoms with E-state index in [9.17, 15) is 8.42 Å². The monoisotopic (exact) mass is 425 g/mol. The molecule has 0 aliphatic rings. The standard InChI is InChI=1S/C14H23N3O2S.HI/c1-14(2,3)17-13(15-4)16-10-11-6-8-12(9-7-11)20(5,18)19;/h6-9H,10H2,1-5H3,(H2,15,16,17);1H. The van der Waals surface area contributed by atoms with E-state index in [2.05, 4.69) is 36.4 Å². The van der Waals surface area contributed by atoms with Crippen LogP contribution in [-0.2, 0) is 16.4 Å². The molecule has 5 nitrogen and oxygen atoms in total. The summed E-state index contributed by atoms with van der Waals surface area (Å²) in [6.45, 7) is 6.75. The van der Waals surface area contributed by atoms with Crippen LogP contribution in [0.4, 0.5) is 0 Å². The lowest BCUT2D eigenvalue weighted by Gasteiger charge is -2.23. The predicted molar refractivity (Wildman–Crippen MR) is 98.1 cm³/mol. The Hall–Kier alpha value is -0.830. The minimum absolute atomic E-state index is 0. The number of halogens is 1. The van der Waals surface area contributed by atoms with Gasteiger partial charge in [-0.25, -0.2) is 8.42 Å².